The number of nitrogens with zero attached hydrogens (tertiary/aromatic N) is 2. The zero-order valence-electron chi connectivity index (χ0n) is 16.4. The zero-order chi connectivity index (χ0) is 18.3. The molecule has 1 heterocycles. The Labute approximate surface area is 163 Å². The normalized spacial score (nSPS) is 35.9. The molecule has 4 aliphatic carbocycles. The number of amides is 1. The Morgan fingerprint density at radius 3 is 2.11 bits per heavy atom. The molecule has 6 rings (SSSR count). The van der Waals surface area contributed by atoms with Crippen molar-refractivity contribution < 1.29 is 4.79 Å². The predicted octanol–water partition coefficient (Wildman–Crippen LogP) is 4.06. The summed E-state index contributed by atoms with van der Waals surface area (Å²) in [5, 5.41) is 0. The van der Waals surface area contributed by atoms with E-state index >= 15 is 0 Å². The summed E-state index contributed by atoms with van der Waals surface area (Å²) >= 11 is 0. The lowest BCUT2D eigenvalue weighted by Gasteiger charge is -2.57. The maximum Gasteiger partial charge on any atom is 0.228 e. The van der Waals surface area contributed by atoms with Gasteiger partial charge in [0.2, 0.25) is 5.91 Å². The van der Waals surface area contributed by atoms with Gasteiger partial charge in [-0.25, -0.2) is 0 Å². The molecule has 5 aliphatic rings. The standard InChI is InChI=1S/C24H32N2O/c27-23(24-16-20-13-21(17-24)15-22(14-20)18-24)26-11-9-25(10-12-26)8-4-7-19-5-2-1-3-6-19/h1-7,20-22H,8-18H2. The fourth-order valence-corrected chi connectivity index (χ4v) is 6.74. The van der Waals surface area contributed by atoms with Crippen molar-refractivity contribution in [2.75, 3.05) is 32.7 Å². The Hall–Kier alpha value is -1.61. The van der Waals surface area contributed by atoms with Crippen molar-refractivity contribution in [2.45, 2.75) is 38.5 Å². The number of rotatable bonds is 4. The molecule has 1 aliphatic heterocycles. The molecule has 3 nitrogen and oxygen atoms in total. The molecule has 0 spiro atoms. The monoisotopic (exact) mass is 364 g/mol. The van der Waals surface area contributed by atoms with Gasteiger partial charge in [0, 0.05) is 32.7 Å². The molecule has 1 amide bonds. The summed E-state index contributed by atoms with van der Waals surface area (Å²) in [6.07, 6.45) is 12.3. The van der Waals surface area contributed by atoms with Crippen LogP contribution in [0.2, 0.25) is 0 Å². The summed E-state index contributed by atoms with van der Waals surface area (Å²) in [4.78, 5) is 18.1. The SMILES string of the molecule is O=C(N1CCN(CC=Cc2ccccc2)CC1)C12CC3CC(CC(C3)C1)C2. The lowest BCUT2D eigenvalue weighted by molar-refractivity contribution is -0.159. The molecule has 1 aromatic carbocycles. The van der Waals surface area contributed by atoms with E-state index in [0.717, 1.165) is 50.5 Å². The van der Waals surface area contributed by atoms with Gasteiger partial charge in [0.05, 0.1) is 5.41 Å². The van der Waals surface area contributed by atoms with Crippen LogP contribution in [0, 0.1) is 23.2 Å². The minimum absolute atomic E-state index is 0.0319. The Morgan fingerprint density at radius 2 is 1.52 bits per heavy atom. The van der Waals surface area contributed by atoms with Crippen LogP contribution in [-0.4, -0.2) is 48.4 Å². The van der Waals surface area contributed by atoms with Gasteiger partial charge in [-0.05, 0) is 61.8 Å². The van der Waals surface area contributed by atoms with Gasteiger partial charge in [0.25, 0.3) is 0 Å². The lowest BCUT2D eigenvalue weighted by atomic mass is 9.49. The van der Waals surface area contributed by atoms with Gasteiger partial charge in [-0.15, -0.1) is 0 Å². The largest absolute Gasteiger partial charge is 0.340 e. The van der Waals surface area contributed by atoms with E-state index in [-0.39, 0.29) is 5.41 Å². The average molecular weight is 365 g/mol. The molecular formula is C24H32N2O. The molecule has 0 N–H and O–H groups in total. The Balaban J connectivity index is 1.15. The first-order valence-electron chi connectivity index (χ1n) is 10.9. The van der Waals surface area contributed by atoms with Gasteiger partial charge in [0.1, 0.15) is 0 Å². The number of hydrogen-bond donors (Lipinski definition) is 0. The third-order valence-corrected chi connectivity index (χ3v) is 7.62. The fourth-order valence-electron chi connectivity index (χ4n) is 6.74. The molecule has 0 atom stereocenters. The number of piperazine rings is 1. The van der Waals surface area contributed by atoms with Gasteiger partial charge in [-0.1, -0.05) is 42.5 Å². The summed E-state index contributed by atoms with van der Waals surface area (Å²) in [5.74, 6) is 3.07. The van der Waals surface area contributed by atoms with Crippen LogP contribution >= 0.6 is 0 Å². The second-order valence-electron chi connectivity index (χ2n) is 9.60. The van der Waals surface area contributed by atoms with Crippen LogP contribution in [0.3, 0.4) is 0 Å². The molecule has 0 aromatic heterocycles. The summed E-state index contributed by atoms with van der Waals surface area (Å²) in [6.45, 7) is 4.84. The third kappa shape index (κ3) is 3.47. The fraction of sp³-hybridized carbons (Fsp3) is 0.625. The third-order valence-electron chi connectivity index (χ3n) is 7.62. The maximum absolute atomic E-state index is 13.5. The summed E-state index contributed by atoms with van der Waals surface area (Å²) < 4.78 is 0. The predicted molar refractivity (Wildman–Crippen MR) is 109 cm³/mol. The van der Waals surface area contributed by atoms with E-state index in [2.05, 4.69) is 52.3 Å². The van der Waals surface area contributed by atoms with E-state index in [4.69, 9.17) is 0 Å². The lowest BCUT2D eigenvalue weighted by Crippen LogP contribution is -2.58. The highest BCUT2D eigenvalue weighted by atomic mass is 16.2. The van der Waals surface area contributed by atoms with Gasteiger partial charge in [0.15, 0.2) is 0 Å². The topological polar surface area (TPSA) is 23.6 Å². The van der Waals surface area contributed by atoms with Gasteiger partial charge in [-0.2, -0.15) is 0 Å². The van der Waals surface area contributed by atoms with E-state index in [9.17, 15) is 4.79 Å². The summed E-state index contributed by atoms with van der Waals surface area (Å²) in [5.41, 5.74) is 1.29. The van der Waals surface area contributed by atoms with Crippen LogP contribution in [0.4, 0.5) is 0 Å². The summed E-state index contributed by atoms with van der Waals surface area (Å²) in [6, 6.07) is 10.5. The van der Waals surface area contributed by atoms with Gasteiger partial charge < -0.3 is 4.90 Å². The number of hydrogen-bond acceptors (Lipinski definition) is 2. The van der Waals surface area contributed by atoms with Crippen molar-refractivity contribution in [2.24, 2.45) is 23.2 Å². The van der Waals surface area contributed by atoms with Crippen molar-refractivity contribution in [3.8, 4) is 0 Å². The minimum Gasteiger partial charge on any atom is -0.340 e. The van der Waals surface area contributed by atoms with Crippen LogP contribution < -0.4 is 0 Å². The van der Waals surface area contributed by atoms with Gasteiger partial charge >= 0.3 is 0 Å². The van der Waals surface area contributed by atoms with Crippen LogP contribution in [0.25, 0.3) is 6.08 Å². The van der Waals surface area contributed by atoms with Crippen LogP contribution in [0.1, 0.15) is 44.1 Å². The number of benzene rings is 1. The number of carbonyl (C=O) groups excluding carboxylic acids is 1. The molecular weight excluding hydrogens is 332 g/mol. The second-order valence-corrected chi connectivity index (χ2v) is 9.60. The van der Waals surface area contributed by atoms with Crippen molar-refractivity contribution in [1.82, 2.24) is 9.80 Å². The van der Waals surface area contributed by atoms with Gasteiger partial charge in [-0.3, -0.25) is 9.69 Å². The van der Waals surface area contributed by atoms with E-state index < -0.39 is 0 Å². The van der Waals surface area contributed by atoms with E-state index in [1.54, 1.807) is 0 Å². The molecule has 3 heteroatoms. The van der Waals surface area contributed by atoms with Crippen molar-refractivity contribution in [1.29, 1.82) is 0 Å². The molecule has 5 fully saturated rings. The Kier molecular flexibility index (Phi) is 4.59. The number of carbonyl (C=O) groups is 1. The molecule has 4 saturated carbocycles. The van der Waals surface area contributed by atoms with Crippen molar-refractivity contribution in [3.05, 3.63) is 42.0 Å². The molecule has 0 unspecified atom stereocenters. The van der Waals surface area contributed by atoms with Crippen LogP contribution in [0.5, 0.6) is 0 Å². The van der Waals surface area contributed by atoms with Crippen LogP contribution in [0.15, 0.2) is 36.4 Å². The van der Waals surface area contributed by atoms with Crippen molar-refractivity contribution in [3.63, 3.8) is 0 Å². The smallest absolute Gasteiger partial charge is 0.228 e. The molecule has 4 bridgehead atoms. The quantitative estimate of drug-likeness (QED) is 0.804. The highest BCUT2D eigenvalue weighted by Gasteiger charge is 2.55. The highest BCUT2D eigenvalue weighted by molar-refractivity contribution is 5.83. The average Bonchev–Trinajstić information content (AvgIpc) is 2.68. The molecule has 0 radical (unpaired) electrons. The van der Waals surface area contributed by atoms with E-state index in [1.807, 2.05) is 0 Å². The zero-order valence-corrected chi connectivity index (χ0v) is 16.4. The molecule has 27 heavy (non-hydrogen) atoms. The second kappa shape index (κ2) is 7.09. The maximum atomic E-state index is 13.5. The minimum atomic E-state index is 0.0319. The molecule has 1 aromatic rings. The first-order chi connectivity index (χ1) is 13.2. The first kappa shape index (κ1) is 17.5. The first-order valence-corrected chi connectivity index (χ1v) is 10.9. The van der Waals surface area contributed by atoms with E-state index in [1.165, 1.54) is 44.1 Å². The molecule has 144 valence electrons. The summed E-state index contributed by atoms with van der Waals surface area (Å²) in [7, 11) is 0. The van der Waals surface area contributed by atoms with E-state index in [0.29, 0.717) is 5.91 Å². The highest BCUT2D eigenvalue weighted by Crippen LogP contribution is 2.60. The Morgan fingerprint density at radius 1 is 0.926 bits per heavy atom. The van der Waals surface area contributed by atoms with Crippen LogP contribution in [-0.2, 0) is 4.79 Å². The Bertz CT molecular complexity index is 667. The van der Waals surface area contributed by atoms with Crippen molar-refractivity contribution >= 4 is 12.0 Å². The molecule has 1 saturated heterocycles.